The average molecular weight is 482 g/mol. The van der Waals surface area contributed by atoms with Gasteiger partial charge in [0, 0.05) is 21.8 Å². The summed E-state index contributed by atoms with van der Waals surface area (Å²) in [6.45, 7) is 2.06. The lowest BCUT2D eigenvalue weighted by molar-refractivity contribution is -0.129. The fourth-order valence-corrected chi connectivity index (χ4v) is 2.84. The number of halogens is 1. The monoisotopic (exact) mass is 481 g/mol. The zero-order chi connectivity index (χ0) is 22.1. The Balaban J connectivity index is 1.56. The van der Waals surface area contributed by atoms with Gasteiger partial charge in [-0.1, -0.05) is 33.6 Å². The first-order valence-corrected chi connectivity index (χ1v) is 10.1. The minimum atomic E-state index is -0.570. The number of nitrogens with one attached hydrogen (secondary N) is 2. The molecule has 158 valence electrons. The number of ether oxygens (including phenoxy) is 1. The van der Waals surface area contributed by atoms with Gasteiger partial charge in [0.25, 0.3) is 5.91 Å². The van der Waals surface area contributed by atoms with E-state index in [-0.39, 0.29) is 12.5 Å². The van der Waals surface area contributed by atoms with Gasteiger partial charge in [0.15, 0.2) is 0 Å². The maximum Gasteiger partial charge on any atom is 0.336 e. The summed E-state index contributed by atoms with van der Waals surface area (Å²) in [6.07, 6.45) is 5.70. The van der Waals surface area contributed by atoms with Gasteiger partial charge in [-0.25, -0.2) is 10.2 Å². The minimum Gasteiger partial charge on any atom is -0.465 e. The molecule has 0 fully saturated rings. The number of hydrogen-bond acceptors (Lipinski definition) is 6. The number of amides is 1. The molecule has 0 saturated heterocycles. The molecular formula is C23H20BrN3O4. The smallest absolute Gasteiger partial charge is 0.336 e. The van der Waals surface area contributed by atoms with Crippen LogP contribution in [0, 0.1) is 6.92 Å². The first kappa shape index (κ1) is 22.0. The summed E-state index contributed by atoms with van der Waals surface area (Å²) >= 11 is 3.37. The van der Waals surface area contributed by atoms with Crippen LogP contribution in [-0.2, 0) is 9.59 Å². The predicted molar refractivity (Wildman–Crippen MR) is 123 cm³/mol. The van der Waals surface area contributed by atoms with Crippen molar-refractivity contribution >= 4 is 45.8 Å². The summed E-state index contributed by atoms with van der Waals surface area (Å²) in [5.74, 6) is -0.0453. The van der Waals surface area contributed by atoms with Crippen LogP contribution in [-0.4, -0.2) is 24.6 Å². The molecule has 3 rings (SSSR count). The van der Waals surface area contributed by atoms with Gasteiger partial charge in [-0.05, 0) is 55.5 Å². The second-order valence-electron chi connectivity index (χ2n) is 6.46. The van der Waals surface area contributed by atoms with Gasteiger partial charge in [-0.3, -0.25) is 4.79 Å². The van der Waals surface area contributed by atoms with Gasteiger partial charge < -0.3 is 14.5 Å². The third kappa shape index (κ3) is 7.27. The molecule has 2 N–H and O–H groups in total. The minimum absolute atomic E-state index is 0.0678. The Labute approximate surface area is 187 Å². The number of carbonyl (C=O) groups excluding carboxylic acids is 2. The van der Waals surface area contributed by atoms with E-state index in [1.165, 1.54) is 24.6 Å². The molecule has 0 spiro atoms. The van der Waals surface area contributed by atoms with Crippen LogP contribution < -0.4 is 15.5 Å². The fourth-order valence-electron chi connectivity index (χ4n) is 2.46. The predicted octanol–water partition coefficient (Wildman–Crippen LogP) is 4.53. The van der Waals surface area contributed by atoms with Crippen molar-refractivity contribution in [3.8, 4) is 5.75 Å². The summed E-state index contributed by atoms with van der Waals surface area (Å²) in [6, 6.07) is 16.2. The van der Waals surface area contributed by atoms with Crippen molar-refractivity contribution in [2.24, 2.45) is 5.10 Å². The third-order valence-corrected chi connectivity index (χ3v) is 4.50. The Morgan fingerprint density at radius 2 is 1.97 bits per heavy atom. The van der Waals surface area contributed by atoms with Crippen LogP contribution in [0.3, 0.4) is 0 Å². The molecular weight excluding hydrogens is 462 g/mol. The van der Waals surface area contributed by atoms with E-state index >= 15 is 0 Å². The Hall–Kier alpha value is -3.65. The second kappa shape index (κ2) is 10.9. The summed E-state index contributed by atoms with van der Waals surface area (Å²) in [7, 11) is 0. The van der Waals surface area contributed by atoms with Crippen LogP contribution >= 0.6 is 15.9 Å². The molecule has 7 nitrogen and oxygen atoms in total. The molecule has 31 heavy (non-hydrogen) atoms. The number of carbonyl (C=O) groups is 2. The molecule has 0 atom stereocenters. The lowest BCUT2D eigenvalue weighted by Crippen LogP contribution is -2.25. The van der Waals surface area contributed by atoms with E-state index < -0.39 is 5.97 Å². The fraction of sp³-hybridized carbons (Fsp3) is 0.0870. The lowest BCUT2D eigenvalue weighted by atomic mass is 10.2. The van der Waals surface area contributed by atoms with Crippen molar-refractivity contribution in [3.05, 3.63) is 88.3 Å². The number of hydrazone groups is 1. The zero-order valence-corrected chi connectivity index (χ0v) is 18.3. The molecule has 2 aromatic carbocycles. The molecule has 8 heteroatoms. The second-order valence-corrected chi connectivity index (χ2v) is 7.38. The van der Waals surface area contributed by atoms with Crippen LogP contribution in [0.2, 0.25) is 0 Å². The molecule has 0 unspecified atom stereocenters. The third-order valence-electron chi connectivity index (χ3n) is 4.01. The summed E-state index contributed by atoms with van der Waals surface area (Å²) in [5, 5.41) is 6.97. The Bertz CT molecular complexity index is 1090. The van der Waals surface area contributed by atoms with Gasteiger partial charge in [0.05, 0.1) is 19.0 Å². The van der Waals surface area contributed by atoms with E-state index in [0.29, 0.717) is 17.1 Å². The molecule has 3 aromatic rings. The van der Waals surface area contributed by atoms with Crippen LogP contribution in [0.25, 0.3) is 6.08 Å². The van der Waals surface area contributed by atoms with Gasteiger partial charge >= 0.3 is 5.97 Å². The maximum absolute atomic E-state index is 12.1. The summed E-state index contributed by atoms with van der Waals surface area (Å²) in [4.78, 5) is 24.1. The lowest BCUT2D eigenvalue weighted by Gasteiger charge is -2.07. The number of aryl methyl sites for hydroxylation is 1. The number of esters is 1. The molecule has 0 saturated carbocycles. The van der Waals surface area contributed by atoms with Crippen molar-refractivity contribution in [3.63, 3.8) is 0 Å². The molecule has 0 aliphatic rings. The van der Waals surface area contributed by atoms with E-state index in [1.54, 1.807) is 30.3 Å². The largest absolute Gasteiger partial charge is 0.465 e. The number of anilines is 1. The molecule has 0 aliphatic heterocycles. The van der Waals surface area contributed by atoms with Crippen molar-refractivity contribution in [1.82, 2.24) is 5.43 Å². The maximum atomic E-state index is 12.1. The first-order valence-electron chi connectivity index (χ1n) is 9.35. The quantitative estimate of drug-likeness (QED) is 0.162. The van der Waals surface area contributed by atoms with Crippen LogP contribution in [0.4, 0.5) is 5.69 Å². The first-order chi connectivity index (χ1) is 15.0. The van der Waals surface area contributed by atoms with E-state index in [4.69, 9.17) is 9.15 Å². The zero-order valence-electron chi connectivity index (χ0n) is 16.7. The van der Waals surface area contributed by atoms with E-state index in [9.17, 15) is 9.59 Å². The van der Waals surface area contributed by atoms with Crippen LogP contribution in [0.5, 0.6) is 5.75 Å². The van der Waals surface area contributed by atoms with Crippen molar-refractivity contribution in [2.75, 3.05) is 11.9 Å². The number of hydrogen-bond donors (Lipinski definition) is 2. The SMILES string of the molecule is Cc1ccc(NCC(=O)N/N=C/c2cc(Br)ccc2OC(=O)/C=C/c2ccco2)cc1. The molecule has 1 heterocycles. The molecule has 0 bridgehead atoms. The van der Waals surface area contributed by atoms with Gasteiger partial charge in [0.2, 0.25) is 0 Å². The van der Waals surface area contributed by atoms with E-state index in [1.807, 2.05) is 31.2 Å². The van der Waals surface area contributed by atoms with Crippen molar-refractivity contribution < 1.29 is 18.7 Å². The number of benzene rings is 2. The average Bonchev–Trinajstić information content (AvgIpc) is 3.27. The highest BCUT2D eigenvalue weighted by Crippen LogP contribution is 2.22. The number of rotatable bonds is 8. The topological polar surface area (TPSA) is 92.9 Å². The Morgan fingerprint density at radius 3 is 2.71 bits per heavy atom. The molecule has 1 amide bonds. The molecule has 1 aromatic heterocycles. The normalized spacial score (nSPS) is 11.0. The standard InChI is InChI=1S/C23H20BrN3O4/c1-16-4-7-19(8-5-16)25-15-22(28)27-26-14-17-13-18(24)6-10-21(17)31-23(29)11-9-20-3-2-12-30-20/h2-14,25H,15H2,1H3,(H,27,28)/b11-9+,26-14+. The number of nitrogens with zero attached hydrogens (tertiary/aromatic N) is 1. The highest BCUT2D eigenvalue weighted by molar-refractivity contribution is 9.10. The Morgan fingerprint density at radius 1 is 1.16 bits per heavy atom. The summed E-state index contributed by atoms with van der Waals surface area (Å²) in [5.41, 5.74) is 4.94. The highest BCUT2D eigenvalue weighted by atomic mass is 79.9. The highest BCUT2D eigenvalue weighted by Gasteiger charge is 2.07. The van der Waals surface area contributed by atoms with Gasteiger partial charge in [-0.2, -0.15) is 5.10 Å². The van der Waals surface area contributed by atoms with Gasteiger partial charge in [-0.15, -0.1) is 0 Å². The Kier molecular flexibility index (Phi) is 7.78. The number of furan rings is 1. The summed E-state index contributed by atoms with van der Waals surface area (Å²) < 4.78 is 11.3. The van der Waals surface area contributed by atoms with E-state index in [0.717, 1.165) is 15.7 Å². The molecule has 0 radical (unpaired) electrons. The molecule has 0 aliphatic carbocycles. The van der Waals surface area contributed by atoms with Crippen molar-refractivity contribution in [1.29, 1.82) is 0 Å². The van der Waals surface area contributed by atoms with Crippen LogP contribution in [0.1, 0.15) is 16.9 Å². The van der Waals surface area contributed by atoms with Crippen LogP contribution in [0.15, 0.2) is 80.9 Å². The van der Waals surface area contributed by atoms with Gasteiger partial charge in [0.1, 0.15) is 11.5 Å². The van der Waals surface area contributed by atoms with E-state index in [2.05, 4.69) is 31.8 Å². The van der Waals surface area contributed by atoms with Crippen molar-refractivity contribution in [2.45, 2.75) is 6.92 Å².